The predicted octanol–water partition coefficient (Wildman–Crippen LogP) is 6.61. The molecule has 4 saturated carbocycles. The van der Waals surface area contributed by atoms with E-state index in [0.717, 1.165) is 44.9 Å². The van der Waals surface area contributed by atoms with E-state index in [2.05, 4.69) is 41.5 Å². The van der Waals surface area contributed by atoms with E-state index in [9.17, 15) is 19.5 Å². The lowest BCUT2D eigenvalue weighted by molar-refractivity contribution is -0.210. The van der Waals surface area contributed by atoms with Crippen LogP contribution in [-0.2, 0) is 23.9 Å². The molecule has 0 aliphatic heterocycles. The van der Waals surface area contributed by atoms with Crippen LogP contribution in [0.4, 0.5) is 0 Å². The van der Waals surface area contributed by atoms with Gasteiger partial charge in [0, 0.05) is 5.92 Å². The van der Waals surface area contributed by atoms with E-state index in [1.165, 1.54) is 12.7 Å². The summed E-state index contributed by atoms with van der Waals surface area (Å²) in [5.41, 5.74) is -0.0555. The number of hydrogen-bond donors (Lipinski definition) is 1. The molecule has 39 heavy (non-hydrogen) atoms. The Hall–Kier alpha value is -1.69. The average Bonchev–Trinajstić information content (AvgIpc) is 2.85. The lowest BCUT2D eigenvalue weighted by atomic mass is 9.33. The van der Waals surface area contributed by atoms with E-state index in [1.807, 2.05) is 13.0 Å². The number of ether oxygens (including phenoxy) is 2. The lowest BCUT2D eigenvalue weighted by Crippen LogP contribution is -2.66. The van der Waals surface area contributed by atoms with Gasteiger partial charge in [-0.15, -0.1) is 0 Å². The van der Waals surface area contributed by atoms with Gasteiger partial charge in [-0.3, -0.25) is 9.59 Å². The molecule has 5 aliphatic rings. The van der Waals surface area contributed by atoms with Crippen LogP contribution >= 0.6 is 0 Å². The Balaban J connectivity index is 1.52. The molecule has 218 valence electrons. The first-order valence-corrected chi connectivity index (χ1v) is 15.2. The van der Waals surface area contributed by atoms with Crippen molar-refractivity contribution in [1.82, 2.24) is 0 Å². The van der Waals surface area contributed by atoms with Crippen LogP contribution in [0, 0.1) is 50.2 Å². The number of methoxy groups -OCH3 is 1. The molecule has 6 nitrogen and oxygen atoms in total. The summed E-state index contributed by atoms with van der Waals surface area (Å²) in [4.78, 5) is 38.6. The van der Waals surface area contributed by atoms with Crippen molar-refractivity contribution in [2.45, 2.75) is 112 Å². The number of ketones is 1. The van der Waals surface area contributed by atoms with Gasteiger partial charge in [-0.25, -0.2) is 4.79 Å². The SMILES string of the molecule is COC(=O)COC1CCC2(C)C(CCC3(C)C2C(=O)C=C2C4CC(C)(C(=O)O)CCC4(C)CCC23C)C1(C)C. The van der Waals surface area contributed by atoms with Crippen molar-refractivity contribution in [3.05, 3.63) is 11.6 Å². The fraction of sp³-hybridized carbons (Fsp3) is 0.848. The number of carbonyl (C=O) groups is 3. The van der Waals surface area contributed by atoms with E-state index in [0.29, 0.717) is 18.8 Å². The molecule has 1 N–H and O–H groups in total. The number of hydrogen-bond acceptors (Lipinski definition) is 5. The molecule has 0 bridgehead atoms. The molecule has 0 saturated heterocycles. The maximum absolute atomic E-state index is 14.4. The monoisotopic (exact) mass is 542 g/mol. The number of aliphatic carboxylic acids is 1. The zero-order valence-corrected chi connectivity index (χ0v) is 25.4. The van der Waals surface area contributed by atoms with Crippen LogP contribution in [-0.4, -0.2) is 42.6 Å². The Morgan fingerprint density at radius 1 is 0.949 bits per heavy atom. The average molecular weight is 543 g/mol. The standard InChI is InChI=1S/C33H50O6/c1-28(2)23-9-12-33(7)26(31(23,5)11-10-24(28)39-19-25(35)38-8)22(34)17-20-21-18-30(4,27(36)37)14-13-29(21,3)15-16-32(20,33)6/h17,21,23-24,26H,9-16,18-19H2,1-8H3,(H,36,37). The van der Waals surface area contributed by atoms with Crippen molar-refractivity contribution in [1.29, 1.82) is 0 Å². The highest BCUT2D eigenvalue weighted by atomic mass is 16.6. The first-order valence-electron chi connectivity index (χ1n) is 15.2. The fourth-order valence-corrected chi connectivity index (χ4v) is 10.9. The third-order valence-corrected chi connectivity index (χ3v) is 13.7. The molecule has 0 spiro atoms. The van der Waals surface area contributed by atoms with Crippen LogP contribution in [0.5, 0.6) is 0 Å². The molecule has 0 aromatic rings. The molecule has 0 heterocycles. The van der Waals surface area contributed by atoms with E-state index < -0.39 is 11.4 Å². The van der Waals surface area contributed by atoms with E-state index >= 15 is 0 Å². The zero-order valence-electron chi connectivity index (χ0n) is 25.4. The van der Waals surface area contributed by atoms with E-state index in [4.69, 9.17) is 9.47 Å². The number of esters is 1. The van der Waals surface area contributed by atoms with Crippen molar-refractivity contribution in [2.24, 2.45) is 50.2 Å². The Labute approximate surface area is 234 Å². The van der Waals surface area contributed by atoms with Gasteiger partial charge in [0.1, 0.15) is 6.61 Å². The second-order valence-corrected chi connectivity index (χ2v) is 15.8. The molecular weight excluding hydrogens is 492 g/mol. The number of rotatable bonds is 4. The minimum atomic E-state index is -0.736. The van der Waals surface area contributed by atoms with Gasteiger partial charge in [0.05, 0.1) is 18.6 Å². The quantitative estimate of drug-likeness (QED) is 0.402. The third kappa shape index (κ3) is 3.85. The van der Waals surface area contributed by atoms with Gasteiger partial charge < -0.3 is 14.6 Å². The minimum Gasteiger partial charge on any atom is -0.481 e. The van der Waals surface area contributed by atoms with Crippen LogP contribution in [0.15, 0.2) is 11.6 Å². The van der Waals surface area contributed by atoms with Gasteiger partial charge >= 0.3 is 11.9 Å². The highest BCUT2D eigenvalue weighted by Crippen LogP contribution is 2.75. The Bertz CT molecular complexity index is 1110. The fourth-order valence-electron chi connectivity index (χ4n) is 10.9. The van der Waals surface area contributed by atoms with E-state index in [-0.39, 0.29) is 63.4 Å². The summed E-state index contributed by atoms with van der Waals surface area (Å²) in [6.45, 7) is 15.9. The minimum absolute atomic E-state index is 0.0340. The first kappa shape index (κ1) is 28.8. The second-order valence-electron chi connectivity index (χ2n) is 15.8. The molecule has 0 aromatic carbocycles. The van der Waals surface area contributed by atoms with Crippen LogP contribution in [0.1, 0.15) is 106 Å². The summed E-state index contributed by atoms with van der Waals surface area (Å²) >= 11 is 0. The molecule has 4 fully saturated rings. The van der Waals surface area contributed by atoms with Crippen molar-refractivity contribution in [3.8, 4) is 0 Å². The summed E-state index contributed by atoms with van der Waals surface area (Å²) in [5, 5.41) is 10.1. The van der Waals surface area contributed by atoms with Gasteiger partial charge in [-0.1, -0.05) is 47.1 Å². The van der Waals surface area contributed by atoms with Gasteiger partial charge in [0.2, 0.25) is 0 Å². The topological polar surface area (TPSA) is 89.9 Å². The van der Waals surface area contributed by atoms with Crippen molar-refractivity contribution in [3.63, 3.8) is 0 Å². The third-order valence-electron chi connectivity index (χ3n) is 13.7. The summed E-state index contributed by atoms with van der Waals surface area (Å²) in [5.74, 6) is -0.427. The molecule has 0 radical (unpaired) electrons. The number of fused-ring (bicyclic) bond motifs is 7. The zero-order chi connectivity index (χ0) is 28.8. The van der Waals surface area contributed by atoms with Gasteiger partial charge in [0.15, 0.2) is 5.78 Å². The molecule has 9 atom stereocenters. The Morgan fingerprint density at radius 2 is 1.62 bits per heavy atom. The molecule has 5 rings (SSSR count). The molecule has 0 amide bonds. The summed E-state index contributed by atoms with van der Waals surface area (Å²) in [6.07, 6.45) is 10.1. The van der Waals surface area contributed by atoms with Crippen LogP contribution < -0.4 is 0 Å². The number of carbonyl (C=O) groups excluding carboxylic acids is 2. The lowest BCUT2D eigenvalue weighted by Gasteiger charge is -2.70. The molecule has 5 aliphatic carbocycles. The molecule has 0 aromatic heterocycles. The highest BCUT2D eigenvalue weighted by molar-refractivity contribution is 5.95. The Morgan fingerprint density at radius 3 is 2.26 bits per heavy atom. The second kappa shape index (κ2) is 8.90. The Kier molecular flexibility index (Phi) is 6.58. The highest BCUT2D eigenvalue weighted by Gasteiger charge is 2.70. The normalized spacial score (nSPS) is 48.5. The summed E-state index contributed by atoms with van der Waals surface area (Å²) in [7, 11) is 1.39. The smallest absolute Gasteiger partial charge is 0.331 e. The van der Waals surface area contributed by atoms with Gasteiger partial charge in [-0.05, 0) is 110 Å². The van der Waals surface area contributed by atoms with Crippen molar-refractivity contribution in [2.75, 3.05) is 13.7 Å². The van der Waals surface area contributed by atoms with Gasteiger partial charge in [0.25, 0.3) is 0 Å². The maximum atomic E-state index is 14.4. The van der Waals surface area contributed by atoms with Crippen LogP contribution in [0.2, 0.25) is 0 Å². The summed E-state index contributed by atoms with van der Waals surface area (Å²) in [6, 6.07) is 0. The van der Waals surface area contributed by atoms with E-state index in [1.54, 1.807) is 0 Å². The predicted molar refractivity (Wildman–Crippen MR) is 149 cm³/mol. The van der Waals surface area contributed by atoms with Crippen LogP contribution in [0.25, 0.3) is 0 Å². The first-order chi connectivity index (χ1) is 18.0. The maximum Gasteiger partial charge on any atom is 0.331 e. The van der Waals surface area contributed by atoms with Gasteiger partial charge in [-0.2, -0.15) is 0 Å². The number of allylic oxidation sites excluding steroid dienone is 2. The number of carboxylic acid groups (broad SMARTS) is 1. The van der Waals surface area contributed by atoms with Crippen LogP contribution in [0.3, 0.4) is 0 Å². The molecule has 6 heteroatoms. The van der Waals surface area contributed by atoms with Crippen molar-refractivity contribution >= 4 is 17.7 Å². The van der Waals surface area contributed by atoms with Crippen molar-refractivity contribution < 1.29 is 29.0 Å². The molecular formula is C33H50O6. The molecule has 9 unspecified atom stereocenters. The number of carboxylic acids is 1. The largest absolute Gasteiger partial charge is 0.481 e. The summed E-state index contributed by atoms with van der Waals surface area (Å²) < 4.78 is 10.9.